The first-order valence-electron chi connectivity index (χ1n) is 6.34. The molecule has 0 aliphatic heterocycles. The van der Waals surface area contributed by atoms with E-state index in [-0.39, 0.29) is 10.8 Å². The second-order valence-corrected chi connectivity index (χ2v) is 4.94. The highest BCUT2D eigenvalue weighted by Crippen LogP contribution is 2.22. The van der Waals surface area contributed by atoms with E-state index < -0.39 is 6.10 Å². The molecule has 0 aromatic heterocycles. The summed E-state index contributed by atoms with van der Waals surface area (Å²) in [4.78, 5) is 0. The van der Waals surface area contributed by atoms with E-state index in [2.05, 4.69) is 0 Å². The molecule has 0 aliphatic carbocycles. The van der Waals surface area contributed by atoms with Crippen LogP contribution in [-0.2, 0) is 6.42 Å². The van der Waals surface area contributed by atoms with Gasteiger partial charge in [-0.3, -0.25) is 0 Å². The SMILES string of the molecule is OC(CCCc1cccc(Cl)c1F)c1ccccc1. The van der Waals surface area contributed by atoms with Gasteiger partial charge < -0.3 is 5.11 Å². The van der Waals surface area contributed by atoms with E-state index in [0.717, 1.165) is 5.56 Å². The number of aliphatic hydroxyl groups is 1. The van der Waals surface area contributed by atoms with Crippen molar-refractivity contribution in [2.45, 2.75) is 25.4 Å². The maximum Gasteiger partial charge on any atom is 0.144 e. The minimum atomic E-state index is -0.497. The highest BCUT2D eigenvalue weighted by Gasteiger charge is 2.09. The monoisotopic (exact) mass is 278 g/mol. The number of aryl methyl sites for hydroxylation is 1. The number of aliphatic hydroxyl groups excluding tert-OH is 1. The molecule has 1 unspecified atom stereocenters. The molecule has 0 aliphatic rings. The van der Waals surface area contributed by atoms with Gasteiger partial charge in [-0.05, 0) is 36.5 Å². The molecule has 2 rings (SSSR count). The van der Waals surface area contributed by atoms with E-state index in [1.165, 1.54) is 0 Å². The Morgan fingerprint density at radius 3 is 2.53 bits per heavy atom. The van der Waals surface area contributed by atoms with Gasteiger partial charge in [0.1, 0.15) is 5.82 Å². The zero-order valence-corrected chi connectivity index (χ0v) is 11.3. The van der Waals surface area contributed by atoms with Crippen LogP contribution in [0.4, 0.5) is 4.39 Å². The van der Waals surface area contributed by atoms with Crippen molar-refractivity contribution >= 4 is 11.6 Å². The Balaban J connectivity index is 1.88. The molecule has 0 saturated heterocycles. The van der Waals surface area contributed by atoms with Crippen LogP contribution in [0.5, 0.6) is 0 Å². The van der Waals surface area contributed by atoms with Gasteiger partial charge in [-0.25, -0.2) is 4.39 Å². The van der Waals surface area contributed by atoms with Crippen molar-refractivity contribution in [2.75, 3.05) is 0 Å². The molecule has 0 saturated carbocycles. The summed E-state index contributed by atoms with van der Waals surface area (Å²) in [7, 11) is 0. The molecule has 2 aromatic carbocycles. The summed E-state index contributed by atoms with van der Waals surface area (Å²) >= 11 is 5.73. The molecule has 0 heterocycles. The molecule has 0 bridgehead atoms. The van der Waals surface area contributed by atoms with Crippen molar-refractivity contribution in [1.82, 2.24) is 0 Å². The average molecular weight is 279 g/mol. The van der Waals surface area contributed by atoms with Gasteiger partial charge in [0.15, 0.2) is 0 Å². The molecule has 1 nitrogen and oxygen atoms in total. The van der Waals surface area contributed by atoms with Crippen LogP contribution in [-0.4, -0.2) is 5.11 Å². The Bertz CT molecular complexity index is 528. The van der Waals surface area contributed by atoms with Gasteiger partial charge in [0, 0.05) is 0 Å². The molecule has 3 heteroatoms. The fraction of sp³-hybridized carbons (Fsp3) is 0.250. The maximum absolute atomic E-state index is 13.7. The van der Waals surface area contributed by atoms with E-state index in [9.17, 15) is 9.50 Å². The number of benzene rings is 2. The van der Waals surface area contributed by atoms with Crippen molar-refractivity contribution in [3.8, 4) is 0 Å². The molecule has 19 heavy (non-hydrogen) atoms. The highest BCUT2D eigenvalue weighted by molar-refractivity contribution is 6.30. The first kappa shape index (κ1) is 14.0. The smallest absolute Gasteiger partial charge is 0.144 e. The lowest BCUT2D eigenvalue weighted by Crippen LogP contribution is -1.99. The molecular formula is C16H16ClFO. The van der Waals surface area contributed by atoms with Crippen LogP contribution in [0.25, 0.3) is 0 Å². The molecule has 2 aromatic rings. The van der Waals surface area contributed by atoms with E-state index in [1.54, 1.807) is 18.2 Å². The predicted octanol–water partition coefficient (Wildman–Crippen LogP) is 4.54. The second kappa shape index (κ2) is 6.69. The summed E-state index contributed by atoms with van der Waals surface area (Å²) in [6.45, 7) is 0. The van der Waals surface area contributed by atoms with Gasteiger partial charge in [-0.15, -0.1) is 0 Å². The molecule has 0 radical (unpaired) electrons. The van der Waals surface area contributed by atoms with Crippen LogP contribution in [0.3, 0.4) is 0 Å². The molecule has 0 amide bonds. The third-order valence-electron chi connectivity index (χ3n) is 3.14. The van der Waals surface area contributed by atoms with Gasteiger partial charge in [0.2, 0.25) is 0 Å². The van der Waals surface area contributed by atoms with Gasteiger partial charge in [0.05, 0.1) is 11.1 Å². The summed E-state index contributed by atoms with van der Waals surface area (Å²) < 4.78 is 13.7. The topological polar surface area (TPSA) is 20.2 Å². The van der Waals surface area contributed by atoms with Gasteiger partial charge >= 0.3 is 0 Å². The van der Waals surface area contributed by atoms with Crippen LogP contribution in [0.2, 0.25) is 5.02 Å². The van der Waals surface area contributed by atoms with E-state index in [1.807, 2.05) is 30.3 Å². The lowest BCUT2D eigenvalue weighted by molar-refractivity contribution is 0.164. The quantitative estimate of drug-likeness (QED) is 0.851. The van der Waals surface area contributed by atoms with Crippen LogP contribution in [0.1, 0.15) is 30.1 Å². The lowest BCUT2D eigenvalue weighted by Gasteiger charge is -2.11. The molecule has 100 valence electrons. The minimum Gasteiger partial charge on any atom is -0.388 e. The van der Waals surface area contributed by atoms with E-state index in [0.29, 0.717) is 24.8 Å². The normalized spacial score (nSPS) is 12.4. The Hall–Kier alpha value is -1.38. The molecular weight excluding hydrogens is 263 g/mol. The molecule has 0 spiro atoms. The zero-order valence-electron chi connectivity index (χ0n) is 10.5. The average Bonchev–Trinajstić information content (AvgIpc) is 2.44. The first-order chi connectivity index (χ1) is 9.18. The van der Waals surface area contributed by atoms with Crippen LogP contribution in [0.15, 0.2) is 48.5 Å². The predicted molar refractivity (Wildman–Crippen MR) is 75.7 cm³/mol. The van der Waals surface area contributed by atoms with Crippen molar-refractivity contribution in [3.05, 3.63) is 70.5 Å². The third kappa shape index (κ3) is 3.79. The zero-order chi connectivity index (χ0) is 13.7. The Morgan fingerprint density at radius 2 is 1.79 bits per heavy atom. The minimum absolute atomic E-state index is 0.154. The number of rotatable bonds is 5. The van der Waals surface area contributed by atoms with Crippen LogP contribution >= 0.6 is 11.6 Å². The largest absolute Gasteiger partial charge is 0.388 e. The summed E-state index contributed by atoms with van der Waals surface area (Å²) in [5.74, 6) is -0.349. The van der Waals surface area contributed by atoms with E-state index in [4.69, 9.17) is 11.6 Å². The summed E-state index contributed by atoms with van der Waals surface area (Å²) in [5, 5.41) is 10.2. The second-order valence-electron chi connectivity index (χ2n) is 4.53. The Labute approximate surface area is 117 Å². The highest BCUT2D eigenvalue weighted by atomic mass is 35.5. The van der Waals surface area contributed by atoms with E-state index >= 15 is 0 Å². The molecule has 0 fully saturated rings. The van der Waals surface area contributed by atoms with Crippen LogP contribution < -0.4 is 0 Å². The Morgan fingerprint density at radius 1 is 1.05 bits per heavy atom. The van der Waals surface area contributed by atoms with Crippen molar-refractivity contribution in [2.24, 2.45) is 0 Å². The van der Waals surface area contributed by atoms with Gasteiger partial charge in [-0.1, -0.05) is 54.1 Å². The fourth-order valence-electron chi connectivity index (χ4n) is 2.07. The standard InChI is InChI=1S/C16H16ClFO/c17-14-10-4-8-13(16(14)18)9-5-11-15(19)12-6-2-1-3-7-12/h1-4,6-8,10,15,19H,5,9,11H2. The lowest BCUT2D eigenvalue weighted by atomic mass is 10.0. The number of hydrogen-bond donors (Lipinski definition) is 1. The molecule has 1 atom stereocenters. The Kier molecular flexibility index (Phi) is 4.94. The van der Waals surface area contributed by atoms with Gasteiger partial charge in [-0.2, -0.15) is 0 Å². The third-order valence-corrected chi connectivity index (χ3v) is 3.43. The first-order valence-corrected chi connectivity index (χ1v) is 6.72. The molecule has 1 N–H and O–H groups in total. The summed E-state index contributed by atoms with van der Waals surface area (Å²) in [6, 6.07) is 14.5. The maximum atomic E-state index is 13.7. The number of hydrogen-bond acceptors (Lipinski definition) is 1. The van der Waals surface area contributed by atoms with Gasteiger partial charge in [0.25, 0.3) is 0 Å². The fourth-order valence-corrected chi connectivity index (χ4v) is 2.26. The summed E-state index contributed by atoms with van der Waals surface area (Å²) in [5.41, 5.74) is 1.50. The van der Waals surface area contributed by atoms with Crippen molar-refractivity contribution < 1.29 is 9.50 Å². The number of halogens is 2. The van der Waals surface area contributed by atoms with Crippen molar-refractivity contribution in [1.29, 1.82) is 0 Å². The summed E-state index contributed by atoms with van der Waals surface area (Å²) in [6.07, 6.45) is 1.41. The van der Waals surface area contributed by atoms with Crippen LogP contribution in [0, 0.1) is 5.82 Å². The van der Waals surface area contributed by atoms with Crippen molar-refractivity contribution in [3.63, 3.8) is 0 Å².